The van der Waals surface area contributed by atoms with Crippen molar-refractivity contribution in [1.82, 2.24) is 4.57 Å². The van der Waals surface area contributed by atoms with Gasteiger partial charge in [0.25, 0.3) is 0 Å². The van der Waals surface area contributed by atoms with Crippen LogP contribution < -0.4 is 5.43 Å². The third kappa shape index (κ3) is 3.17. The summed E-state index contributed by atoms with van der Waals surface area (Å²) in [5.41, 5.74) is 1.36. The lowest BCUT2D eigenvalue weighted by Gasteiger charge is -2.14. The molecule has 0 aliphatic heterocycles. The number of para-hydroxylation sites is 1. The van der Waals surface area contributed by atoms with Crippen molar-refractivity contribution < 1.29 is 9.18 Å². The molecular formula is C23H16FNO2. The second-order valence-electron chi connectivity index (χ2n) is 6.30. The summed E-state index contributed by atoms with van der Waals surface area (Å²) < 4.78 is 15.9. The van der Waals surface area contributed by atoms with E-state index in [4.69, 9.17) is 0 Å². The molecule has 3 aromatic carbocycles. The molecule has 0 fully saturated rings. The molecule has 0 saturated heterocycles. The first-order valence-corrected chi connectivity index (χ1v) is 8.60. The van der Waals surface area contributed by atoms with Gasteiger partial charge in [-0.05, 0) is 18.2 Å². The lowest BCUT2D eigenvalue weighted by Crippen LogP contribution is -2.20. The van der Waals surface area contributed by atoms with E-state index in [9.17, 15) is 14.0 Å². The summed E-state index contributed by atoms with van der Waals surface area (Å²) in [7, 11) is 0. The average molecular weight is 357 g/mol. The quantitative estimate of drug-likeness (QED) is 0.507. The van der Waals surface area contributed by atoms with Gasteiger partial charge in [0.15, 0.2) is 5.78 Å². The van der Waals surface area contributed by atoms with E-state index in [0.29, 0.717) is 22.0 Å². The second kappa shape index (κ2) is 7.00. The highest BCUT2D eigenvalue weighted by atomic mass is 19.1. The van der Waals surface area contributed by atoms with Gasteiger partial charge in [0.2, 0.25) is 5.43 Å². The number of ketones is 1. The third-order valence-corrected chi connectivity index (χ3v) is 4.57. The Morgan fingerprint density at radius 3 is 2.30 bits per heavy atom. The molecule has 4 heteroatoms. The number of pyridine rings is 1. The van der Waals surface area contributed by atoms with Crippen LogP contribution in [0.5, 0.6) is 0 Å². The molecule has 0 amide bonds. The minimum absolute atomic E-state index is 0.0799. The smallest absolute Gasteiger partial charge is 0.200 e. The number of fused-ring (bicyclic) bond motifs is 1. The van der Waals surface area contributed by atoms with Gasteiger partial charge in [0.1, 0.15) is 5.82 Å². The number of aromatic nitrogens is 1. The van der Waals surface area contributed by atoms with Crippen molar-refractivity contribution in [3.8, 4) is 0 Å². The number of carbonyl (C=O) groups is 1. The molecule has 4 aromatic rings. The largest absolute Gasteiger partial charge is 0.342 e. The Balaban J connectivity index is 1.91. The van der Waals surface area contributed by atoms with Gasteiger partial charge in [-0.15, -0.1) is 0 Å². The Hall–Kier alpha value is -3.53. The lowest BCUT2D eigenvalue weighted by atomic mass is 10.0. The SMILES string of the molecule is O=C(c1ccccc1)c1cn(Cc2ccccc2F)c2ccccc2c1=O. The maximum absolute atomic E-state index is 14.1. The molecule has 0 aliphatic carbocycles. The molecule has 0 radical (unpaired) electrons. The van der Waals surface area contributed by atoms with Gasteiger partial charge >= 0.3 is 0 Å². The number of halogens is 1. The fourth-order valence-corrected chi connectivity index (χ4v) is 3.19. The summed E-state index contributed by atoms with van der Waals surface area (Å²) in [6.07, 6.45) is 1.53. The standard InChI is InChI=1S/C23H16FNO2/c24-20-12-6-4-10-17(20)14-25-15-19(22(26)16-8-2-1-3-9-16)23(27)18-11-5-7-13-21(18)25/h1-13,15H,14H2. The lowest BCUT2D eigenvalue weighted by molar-refractivity contribution is 0.103. The number of benzene rings is 3. The topological polar surface area (TPSA) is 39.1 Å². The monoisotopic (exact) mass is 357 g/mol. The van der Waals surface area contributed by atoms with E-state index in [2.05, 4.69) is 0 Å². The van der Waals surface area contributed by atoms with Crippen LogP contribution in [0, 0.1) is 5.82 Å². The normalized spacial score (nSPS) is 10.9. The van der Waals surface area contributed by atoms with Crippen molar-refractivity contribution in [2.75, 3.05) is 0 Å². The molecule has 1 aromatic heterocycles. The molecule has 0 bridgehead atoms. The number of hydrogen-bond acceptors (Lipinski definition) is 2. The summed E-state index contributed by atoms with van der Waals surface area (Å²) >= 11 is 0. The number of rotatable bonds is 4. The highest BCUT2D eigenvalue weighted by Gasteiger charge is 2.17. The molecule has 27 heavy (non-hydrogen) atoms. The van der Waals surface area contributed by atoms with E-state index < -0.39 is 0 Å². The fraction of sp³-hybridized carbons (Fsp3) is 0.0435. The van der Waals surface area contributed by atoms with Gasteiger partial charge in [-0.1, -0.05) is 60.7 Å². The zero-order chi connectivity index (χ0) is 18.8. The highest BCUT2D eigenvalue weighted by Crippen LogP contribution is 2.17. The van der Waals surface area contributed by atoms with Crippen molar-refractivity contribution in [1.29, 1.82) is 0 Å². The Morgan fingerprint density at radius 1 is 0.852 bits per heavy atom. The predicted octanol–water partition coefficient (Wildman–Crippen LogP) is 4.42. The molecule has 0 atom stereocenters. The summed E-state index contributed by atoms with van der Waals surface area (Å²) in [6.45, 7) is 0.225. The number of nitrogens with zero attached hydrogens (tertiary/aromatic N) is 1. The Kier molecular flexibility index (Phi) is 4.38. The summed E-state index contributed by atoms with van der Waals surface area (Å²) in [4.78, 5) is 25.8. The Bertz CT molecular complexity index is 1200. The zero-order valence-electron chi connectivity index (χ0n) is 14.4. The van der Waals surface area contributed by atoms with Crippen molar-refractivity contribution >= 4 is 16.7 Å². The third-order valence-electron chi connectivity index (χ3n) is 4.57. The summed E-state index contributed by atoms with van der Waals surface area (Å²) in [5, 5.41) is 0.440. The van der Waals surface area contributed by atoms with Gasteiger partial charge in [-0.25, -0.2) is 4.39 Å². The molecule has 1 heterocycles. The van der Waals surface area contributed by atoms with E-state index >= 15 is 0 Å². The second-order valence-corrected chi connectivity index (χ2v) is 6.30. The molecule has 0 saturated carbocycles. The van der Waals surface area contributed by atoms with Crippen molar-refractivity contribution in [3.63, 3.8) is 0 Å². The number of carbonyl (C=O) groups excluding carboxylic acids is 1. The van der Waals surface area contributed by atoms with Crippen LogP contribution in [0.1, 0.15) is 21.5 Å². The molecule has 4 rings (SSSR count). The molecule has 0 spiro atoms. The van der Waals surface area contributed by atoms with Crippen LogP contribution in [0.25, 0.3) is 10.9 Å². The first-order valence-electron chi connectivity index (χ1n) is 8.60. The first kappa shape index (κ1) is 16.9. The fourth-order valence-electron chi connectivity index (χ4n) is 3.19. The molecule has 0 aliphatic rings. The van der Waals surface area contributed by atoms with Crippen LogP contribution >= 0.6 is 0 Å². The van der Waals surface area contributed by atoms with Gasteiger partial charge in [-0.3, -0.25) is 9.59 Å². The van der Waals surface area contributed by atoms with Gasteiger partial charge in [0.05, 0.1) is 17.6 Å². The van der Waals surface area contributed by atoms with E-state index in [1.165, 1.54) is 12.3 Å². The molecule has 3 nitrogen and oxygen atoms in total. The molecule has 132 valence electrons. The van der Waals surface area contributed by atoms with Crippen LogP contribution in [-0.2, 0) is 6.54 Å². The maximum atomic E-state index is 14.1. The minimum atomic E-state index is -0.339. The van der Waals surface area contributed by atoms with Crippen LogP contribution in [-0.4, -0.2) is 10.4 Å². The average Bonchev–Trinajstić information content (AvgIpc) is 2.72. The van der Waals surface area contributed by atoms with Crippen LogP contribution in [0.4, 0.5) is 4.39 Å². The highest BCUT2D eigenvalue weighted by molar-refractivity contribution is 6.10. The van der Waals surface area contributed by atoms with Crippen molar-refractivity contribution in [3.05, 3.63) is 118 Å². The van der Waals surface area contributed by atoms with E-state index in [0.717, 1.165) is 0 Å². The maximum Gasteiger partial charge on any atom is 0.200 e. The number of hydrogen-bond donors (Lipinski definition) is 0. The minimum Gasteiger partial charge on any atom is -0.342 e. The molecule has 0 unspecified atom stereocenters. The van der Waals surface area contributed by atoms with Crippen LogP contribution in [0.2, 0.25) is 0 Å². The summed E-state index contributed by atoms with van der Waals surface area (Å²) in [5.74, 6) is -0.662. The molecule has 0 N–H and O–H groups in total. The van der Waals surface area contributed by atoms with Gasteiger partial charge < -0.3 is 4.57 Å². The van der Waals surface area contributed by atoms with Crippen LogP contribution in [0.3, 0.4) is 0 Å². The van der Waals surface area contributed by atoms with E-state index in [1.54, 1.807) is 65.2 Å². The Morgan fingerprint density at radius 2 is 1.52 bits per heavy atom. The van der Waals surface area contributed by atoms with Gasteiger partial charge in [0, 0.05) is 22.7 Å². The van der Waals surface area contributed by atoms with Gasteiger partial charge in [-0.2, -0.15) is 0 Å². The first-order chi connectivity index (χ1) is 13.1. The zero-order valence-corrected chi connectivity index (χ0v) is 14.4. The predicted molar refractivity (Wildman–Crippen MR) is 104 cm³/mol. The van der Waals surface area contributed by atoms with Crippen molar-refractivity contribution in [2.45, 2.75) is 6.54 Å². The van der Waals surface area contributed by atoms with E-state index in [-0.39, 0.29) is 29.1 Å². The van der Waals surface area contributed by atoms with Crippen LogP contribution in [0.15, 0.2) is 89.9 Å². The van der Waals surface area contributed by atoms with Crippen molar-refractivity contribution in [2.24, 2.45) is 0 Å². The molecular weight excluding hydrogens is 341 g/mol. The summed E-state index contributed by atoms with van der Waals surface area (Å²) in [6, 6.07) is 22.2. The Labute approximate surface area is 155 Å². The van der Waals surface area contributed by atoms with E-state index in [1.807, 2.05) is 12.1 Å².